The summed E-state index contributed by atoms with van der Waals surface area (Å²) in [5.74, 6) is -0.0111. The summed E-state index contributed by atoms with van der Waals surface area (Å²) < 4.78 is 32.4. The number of aromatic hydroxyl groups is 1. The number of piperazine rings is 1. The minimum absolute atomic E-state index is 0.0111. The predicted octanol–water partition coefficient (Wildman–Crippen LogP) is 2.49. The first kappa shape index (κ1) is 23.3. The molecule has 32 heavy (non-hydrogen) atoms. The highest BCUT2D eigenvalue weighted by molar-refractivity contribution is 7.89. The maximum atomic E-state index is 12.9. The summed E-state index contributed by atoms with van der Waals surface area (Å²) in [7, 11) is -3.60. The average molecular weight is 482 g/mol. The Morgan fingerprint density at radius 3 is 2.19 bits per heavy atom. The normalized spacial score (nSPS) is 19.3. The fourth-order valence-electron chi connectivity index (χ4n) is 4.26. The second kappa shape index (κ2) is 9.93. The van der Waals surface area contributed by atoms with Crippen LogP contribution in [0.2, 0.25) is 5.02 Å². The Labute approximate surface area is 193 Å². The second-order valence-corrected chi connectivity index (χ2v) is 10.7. The van der Waals surface area contributed by atoms with Crippen molar-refractivity contribution in [1.82, 2.24) is 14.1 Å². The molecule has 0 aliphatic carbocycles. The number of rotatable bonds is 6. The van der Waals surface area contributed by atoms with Crippen molar-refractivity contribution in [2.24, 2.45) is 0 Å². The van der Waals surface area contributed by atoms with Crippen molar-refractivity contribution in [1.29, 1.82) is 0 Å². The molecule has 2 fully saturated rings. The fourth-order valence-corrected chi connectivity index (χ4v) is 5.81. The number of nitrogens with zero attached hydrogens (tertiary/aromatic N) is 3. The number of benzene rings is 1. The number of halogens is 1. The van der Waals surface area contributed by atoms with Gasteiger partial charge in [-0.3, -0.25) is 9.80 Å². The molecule has 2 saturated heterocycles. The Morgan fingerprint density at radius 2 is 1.53 bits per heavy atom. The van der Waals surface area contributed by atoms with Gasteiger partial charge in [0.05, 0.1) is 10.5 Å². The molecule has 0 bridgehead atoms. The van der Waals surface area contributed by atoms with Gasteiger partial charge in [-0.05, 0) is 50.2 Å². The molecule has 0 saturated carbocycles. The quantitative estimate of drug-likeness (QED) is 0.677. The molecule has 2 aromatic rings. The Morgan fingerprint density at radius 1 is 0.906 bits per heavy atom. The molecule has 0 atom stereocenters. The molecule has 174 valence electrons. The lowest BCUT2D eigenvalue weighted by Gasteiger charge is -2.34. The topological polar surface area (TPSA) is 94.3 Å². The highest BCUT2D eigenvalue weighted by Gasteiger charge is 2.29. The van der Waals surface area contributed by atoms with E-state index < -0.39 is 15.6 Å². The molecular weight excluding hydrogens is 454 g/mol. The second-order valence-electron chi connectivity index (χ2n) is 8.35. The van der Waals surface area contributed by atoms with E-state index in [2.05, 4.69) is 4.90 Å². The number of hydrogen-bond acceptors (Lipinski definition) is 7. The molecule has 1 N–H and O–H groups in total. The molecule has 0 amide bonds. The number of likely N-dealkylation sites (tertiary alicyclic amines) is 1. The molecular formula is C22H28ClN3O5S. The molecule has 3 heterocycles. The van der Waals surface area contributed by atoms with Crippen LogP contribution in [0.1, 0.15) is 30.4 Å². The van der Waals surface area contributed by atoms with Crippen molar-refractivity contribution in [2.45, 2.75) is 37.2 Å². The Bertz CT molecular complexity index is 1090. The van der Waals surface area contributed by atoms with Crippen molar-refractivity contribution >= 4 is 21.6 Å². The molecule has 0 unspecified atom stereocenters. The zero-order chi connectivity index (χ0) is 22.7. The van der Waals surface area contributed by atoms with Crippen LogP contribution in [0, 0.1) is 0 Å². The standard InChI is InChI=1S/C22H28ClN3O5S/c23-18-4-6-19(7-5-18)32(29,30)26-12-10-25(11-13-26)15-20-21(27)17(16-31-22(20)28)14-24-8-2-1-3-9-24/h4-7,16,27H,1-3,8-15H2. The highest BCUT2D eigenvalue weighted by atomic mass is 35.5. The maximum absolute atomic E-state index is 12.9. The smallest absolute Gasteiger partial charge is 0.343 e. The highest BCUT2D eigenvalue weighted by Crippen LogP contribution is 2.25. The lowest BCUT2D eigenvalue weighted by atomic mass is 10.1. The van der Waals surface area contributed by atoms with Gasteiger partial charge in [-0.25, -0.2) is 13.2 Å². The maximum Gasteiger partial charge on any atom is 0.343 e. The molecule has 10 heteroatoms. The van der Waals surface area contributed by atoms with E-state index in [0.29, 0.717) is 43.3 Å². The van der Waals surface area contributed by atoms with Gasteiger partial charge >= 0.3 is 5.63 Å². The summed E-state index contributed by atoms with van der Waals surface area (Å²) in [5, 5.41) is 11.2. The van der Waals surface area contributed by atoms with Gasteiger partial charge in [0.25, 0.3) is 0 Å². The van der Waals surface area contributed by atoms with Crippen molar-refractivity contribution in [3.05, 3.63) is 57.1 Å². The minimum atomic E-state index is -3.60. The number of piperidine rings is 1. The van der Waals surface area contributed by atoms with Gasteiger partial charge in [0, 0.05) is 49.9 Å². The van der Waals surface area contributed by atoms with Crippen LogP contribution < -0.4 is 5.63 Å². The van der Waals surface area contributed by atoms with Gasteiger partial charge in [0.2, 0.25) is 10.0 Å². The van der Waals surface area contributed by atoms with Crippen LogP contribution in [0.25, 0.3) is 0 Å². The van der Waals surface area contributed by atoms with Crippen molar-refractivity contribution in [3.63, 3.8) is 0 Å². The molecule has 2 aliphatic heterocycles. The Hall–Kier alpha value is -1.91. The van der Waals surface area contributed by atoms with E-state index in [9.17, 15) is 18.3 Å². The predicted molar refractivity (Wildman–Crippen MR) is 121 cm³/mol. The van der Waals surface area contributed by atoms with Gasteiger partial charge in [-0.2, -0.15) is 4.31 Å². The Kier molecular flexibility index (Phi) is 7.21. The summed E-state index contributed by atoms with van der Waals surface area (Å²) in [4.78, 5) is 16.7. The molecule has 1 aromatic carbocycles. The van der Waals surface area contributed by atoms with Gasteiger partial charge < -0.3 is 9.52 Å². The first-order chi connectivity index (χ1) is 15.3. The van der Waals surface area contributed by atoms with Gasteiger partial charge in [0.1, 0.15) is 12.0 Å². The largest absolute Gasteiger partial charge is 0.507 e. The third-order valence-corrected chi connectivity index (χ3v) is 8.32. The summed E-state index contributed by atoms with van der Waals surface area (Å²) in [6.45, 7) is 4.20. The van der Waals surface area contributed by atoms with Crippen LogP contribution >= 0.6 is 11.6 Å². The van der Waals surface area contributed by atoms with Crippen LogP contribution in [0.3, 0.4) is 0 Å². The molecule has 0 radical (unpaired) electrons. The summed E-state index contributed by atoms with van der Waals surface area (Å²) >= 11 is 5.86. The fraction of sp³-hybridized carbons (Fsp3) is 0.500. The number of hydrogen-bond donors (Lipinski definition) is 1. The first-order valence-corrected chi connectivity index (χ1v) is 12.7. The molecule has 0 spiro atoms. The summed E-state index contributed by atoms with van der Waals surface area (Å²) in [5.41, 5.74) is 0.292. The van der Waals surface area contributed by atoms with Crippen LogP contribution in [-0.2, 0) is 23.1 Å². The monoisotopic (exact) mass is 481 g/mol. The third kappa shape index (κ3) is 5.18. The average Bonchev–Trinajstić information content (AvgIpc) is 2.80. The zero-order valence-corrected chi connectivity index (χ0v) is 19.4. The van der Waals surface area contributed by atoms with Crippen LogP contribution in [-0.4, -0.2) is 66.9 Å². The lowest BCUT2D eigenvalue weighted by Crippen LogP contribution is -2.48. The van der Waals surface area contributed by atoms with E-state index >= 15 is 0 Å². The van der Waals surface area contributed by atoms with E-state index in [1.807, 2.05) is 4.90 Å². The van der Waals surface area contributed by atoms with Crippen molar-refractivity contribution < 1.29 is 17.9 Å². The van der Waals surface area contributed by atoms with Crippen LogP contribution in [0.4, 0.5) is 0 Å². The van der Waals surface area contributed by atoms with E-state index in [1.165, 1.54) is 29.1 Å². The van der Waals surface area contributed by atoms with Crippen LogP contribution in [0.5, 0.6) is 5.75 Å². The molecule has 4 rings (SSSR count). The molecule has 1 aromatic heterocycles. The SMILES string of the molecule is O=c1occ(CN2CCCCC2)c(O)c1CN1CCN(S(=O)(=O)c2ccc(Cl)cc2)CC1. The summed E-state index contributed by atoms with van der Waals surface area (Å²) in [6.07, 6.45) is 4.84. The molecule has 2 aliphatic rings. The Balaban J connectivity index is 1.41. The van der Waals surface area contributed by atoms with Gasteiger partial charge in [-0.15, -0.1) is 0 Å². The van der Waals surface area contributed by atoms with Crippen molar-refractivity contribution in [3.8, 4) is 5.75 Å². The van der Waals surface area contributed by atoms with Crippen molar-refractivity contribution in [2.75, 3.05) is 39.3 Å². The van der Waals surface area contributed by atoms with E-state index in [0.717, 1.165) is 25.9 Å². The van der Waals surface area contributed by atoms with E-state index in [4.69, 9.17) is 16.0 Å². The minimum Gasteiger partial charge on any atom is -0.507 e. The van der Waals surface area contributed by atoms with Gasteiger partial charge in [0.15, 0.2) is 0 Å². The summed E-state index contributed by atoms with van der Waals surface area (Å²) in [6, 6.07) is 6.12. The zero-order valence-electron chi connectivity index (χ0n) is 17.9. The van der Waals surface area contributed by atoms with Crippen LogP contribution in [0.15, 0.2) is 44.6 Å². The number of sulfonamides is 1. The van der Waals surface area contributed by atoms with E-state index in [1.54, 1.807) is 12.1 Å². The molecule has 8 nitrogen and oxygen atoms in total. The van der Waals surface area contributed by atoms with E-state index in [-0.39, 0.29) is 22.8 Å². The van der Waals surface area contributed by atoms with Gasteiger partial charge in [-0.1, -0.05) is 18.0 Å². The lowest BCUT2D eigenvalue weighted by molar-refractivity contribution is 0.177. The third-order valence-electron chi connectivity index (χ3n) is 6.15. The first-order valence-electron chi connectivity index (χ1n) is 10.9.